The Labute approximate surface area is 117 Å². The van der Waals surface area contributed by atoms with Crippen molar-refractivity contribution >= 4 is 11.4 Å². The number of anilines is 1. The zero-order chi connectivity index (χ0) is 14.7. The number of benzene rings is 2. The zero-order valence-electron chi connectivity index (χ0n) is 11.3. The highest BCUT2D eigenvalue weighted by Crippen LogP contribution is 2.26. The number of rotatable bonds is 4. The highest BCUT2D eigenvalue weighted by molar-refractivity contribution is 5.52. The smallest absolute Gasteiger partial charge is 0.269 e. The summed E-state index contributed by atoms with van der Waals surface area (Å²) in [5, 5.41) is 23.6. The molecule has 5 heteroatoms. The van der Waals surface area contributed by atoms with Crippen molar-refractivity contribution in [2.45, 2.75) is 19.9 Å². The Bertz CT molecular complexity index is 641. The largest absolute Gasteiger partial charge is 0.508 e. The van der Waals surface area contributed by atoms with Gasteiger partial charge in [0.25, 0.3) is 5.69 Å². The summed E-state index contributed by atoms with van der Waals surface area (Å²) in [5.41, 5.74) is 2.47. The molecule has 0 spiro atoms. The lowest BCUT2D eigenvalue weighted by Crippen LogP contribution is -2.06. The molecule has 0 aliphatic carbocycles. The highest BCUT2D eigenvalue weighted by Gasteiger charge is 2.11. The molecule has 2 aromatic carbocycles. The number of nitrogens with one attached hydrogen (secondary N) is 1. The molecule has 1 unspecified atom stereocenters. The minimum absolute atomic E-state index is 0.0721. The molecule has 2 aromatic rings. The number of aromatic hydroxyl groups is 1. The van der Waals surface area contributed by atoms with E-state index in [1.165, 1.54) is 6.07 Å². The third-order valence-corrected chi connectivity index (χ3v) is 3.17. The van der Waals surface area contributed by atoms with E-state index in [1.807, 2.05) is 32.0 Å². The normalized spacial score (nSPS) is 11.9. The molecule has 0 radical (unpaired) electrons. The Morgan fingerprint density at radius 1 is 1.25 bits per heavy atom. The van der Waals surface area contributed by atoms with Crippen LogP contribution in [0, 0.1) is 17.0 Å². The Morgan fingerprint density at radius 3 is 2.65 bits per heavy atom. The Hall–Kier alpha value is -2.56. The van der Waals surface area contributed by atoms with Crippen LogP contribution in [0.5, 0.6) is 5.75 Å². The van der Waals surface area contributed by atoms with Crippen LogP contribution < -0.4 is 5.32 Å². The third-order valence-electron chi connectivity index (χ3n) is 3.17. The van der Waals surface area contributed by atoms with Gasteiger partial charge in [0.1, 0.15) is 5.75 Å². The van der Waals surface area contributed by atoms with Gasteiger partial charge in [-0.3, -0.25) is 10.1 Å². The fourth-order valence-corrected chi connectivity index (χ4v) is 1.94. The van der Waals surface area contributed by atoms with Crippen molar-refractivity contribution in [2.75, 3.05) is 5.32 Å². The summed E-state index contributed by atoms with van der Waals surface area (Å²) in [7, 11) is 0. The van der Waals surface area contributed by atoms with Gasteiger partial charge in [-0.1, -0.05) is 18.2 Å². The maximum atomic E-state index is 10.8. The number of non-ortho nitro benzene ring substituents is 1. The molecule has 0 aromatic heterocycles. The van der Waals surface area contributed by atoms with Crippen LogP contribution in [-0.2, 0) is 0 Å². The van der Waals surface area contributed by atoms with Crippen molar-refractivity contribution in [2.24, 2.45) is 0 Å². The van der Waals surface area contributed by atoms with E-state index in [2.05, 4.69) is 5.32 Å². The first-order valence-corrected chi connectivity index (χ1v) is 6.28. The molecule has 1 atom stereocenters. The lowest BCUT2D eigenvalue weighted by Gasteiger charge is -2.16. The maximum absolute atomic E-state index is 10.8. The van der Waals surface area contributed by atoms with E-state index in [1.54, 1.807) is 18.2 Å². The summed E-state index contributed by atoms with van der Waals surface area (Å²) < 4.78 is 0. The summed E-state index contributed by atoms with van der Waals surface area (Å²) in [6, 6.07) is 11.7. The molecule has 5 nitrogen and oxygen atoms in total. The van der Waals surface area contributed by atoms with Crippen LogP contribution in [0.15, 0.2) is 42.5 Å². The van der Waals surface area contributed by atoms with E-state index in [-0.39, 0.29) is 17.5 Å². The number of phenols is 1. The van der Waals surface area contributed by atoms with Gasteiger partial charge in [-0.05, 0) is 31.0 Å². The van der Waals surface area contributed by atoms with E-state index < -0.39 is 4.92 Å². The number of nitro groups is 1. The summed E-state index contributed by atoms with van der Waals surface area (Å²) in [4.78, 5) is 10.4. The van der Waals surface area contributed by atoms with Gasteiger partial charge in [0, 0.05) is 29.9 Å². The van der Waals surface area contributed by atoms with Gasteiger partial charge in [0.2, 0.25) is 0 Å². The van der Waals surface area contributed by atoms with Gasteiger partial charge in [0.05, 0.1) is 4.92 Å². The lowest BCUT2D eigenvalue weighted by atomic mass is 10.1. The van der Waals surface area contributed by atoms with Gasteiger partial charge in [-0.25, -0.2) is 0 Å². The standard InChI is InChI=1S/C15H16N2O3/c1-10-6-7-13(9-15(10)18)16-11(2)12-4-3-5-14(8-12)17(19)20/h3-9,11,16,18H,1-2H3. The summed E-state index contributed by atoms with van der Waals surface area (Å²) in [6.45, 7) is 3.74. The Kier molecular flexibility index (Phi) is 3.89. The third kappa shape index (κ3) is 3.06. The van der Waals surface area contributed by atoms with Gasteiger partial charge in [0.15, 0.2) is 0 Å². The number of hydrogen-bond acceptors (Lipinski definition) is 4. The molecule has 20 heavy (non-hydrogen) atoms. The van der Waals surface area contributed by atoms with Crippen LogP contribution in [0.1, 0.15) is 24.1 Å². The highest BCUT2D eigenvalue weighted by atomic mass is 16.6. The molecule has 0 fully saturated rings. The van der Waals surface area contributed by atoms with E-state index >= 15 is 0 Å². The Balaban J connectivity index is 2.19. The van der Waals surface area contributed by atoms with Crippen LogP contribution in [0.25, 0.3) is 0 Å². The maximum Gasteiger partial charge on any atom is 0.269 e. The van der Waals surface area contributed by atoms with Crippen LogP contribution in [0.2, 0.25) is 0 Å². The summed E-state index contributed by atoms with van der Waals surface area (Å²) in [5.74, 6) is 0.223. The van der Waals surface area contributed by atoms with Crippen LogP contribution in [-0.4, -0.2) is 10.0 Å². The topological polar surface area (TPSA) is 75.4 Å². The van der Waals surface area contributed by atoms with Crippen LogP contribution in [0.3, 0.4) is 0 Å². The molecule has 0 saturated heterocycles. The van der Waals surface area contributed by atoms with Crippen molar-refractivity contribution in [3.63, 3.8) is 0 Å². The predicted molar refractivity (Wildman–Crippen MR) is 78.0 cm³/mol. The molecule has 0 bridgehead atoms. The van der Waals surface area contributed by atoms with Crippen molar-refractivity contribution in [1.82, 2.24) is 0 Å². The summed E-state index contributed by atoms with van der Waals surface area (Å²) in [6.07, 6.45) is 0. The van der Waals surface area contributed by atoms with Crippen molar-refractivity contribution < 1.29 is 10.0 Å². The first-order chi connectivity index (χ1) is 9.47. The second-order valence-electron chi connectivity index (χ2n) is 4.72. The number of nitrogens with zero attached hydrogens (tertiary/aromatic N) is 1. The SMILES string of the molecule is Cc1ccc(NC(C)c2cccc([N+](=O)[O-])c2)cc1O. The quantitative estimate of drug-likeness (QED) is 0.656. The molecule has 104 valence electrons. The molecular formula is C15H16N2O3. The fraction of sp³-hybridized carbons (Fsp3) is 0.200. The average molecular weight is 272 g/mol. The van der Waals surface area contributed by atoms with E-state index in [0.717, 1.165) is 16.8 Å². The second kappa shape index (κ2) is 5.61. The Morgan fingerprint density at radius 2 is 2.00 bits per heavy atom. The summed E-state index contributed by atoms with van der Waals surface area (Å²) >= 11 is 0. The first-order valence-electron chi connectivity index (χ1n) is 6.28. The second-order valence-corrected chi connectivity index (χ2v) is 4.72. The van der Waals surface area contributed by atoms with Gasteiger partial charge < -0.3 is 10.4 Å². The number of nitro benzene ring substituents is 1. The molecular weight excluding hydrogens is 256 g/mol. The minimum Gasteiger partial charge on any atom is -0.508 e. The van der Waals surface area contributed by atoms with E-state index in [4.69, 9.17) is 0 Å². The van der Waals surface area contributed by atoms with Crippen molar-refractivity contribution in [3.05, 3.63) is 63.7 Å². The molecule has 2 N–H and O–H groups in total. The number of phenolic OH excluding ortho intramolecular Hbond substituents is 1. The van der Waals surface area contributed by atoms with E-state index in [9.17, 15) is 15.2 Å². The molecule has 0 saturated carbocycles. The zero-order valence-corrected chi connectivity index (χ0v) is 11.3. The minimum atomic E-state index is -0.409. The first kappa shape index (κ1) is 13.9. The average Bonchev–Trinajstić information content (AvgIpc) is 2.43. The van der Waals surface area contributed by atoms with Gasteiger partial charge >= 0.3 is 0 Å². The van der Waals surface area contributed by atoms with Crippen molar-refractivity contribution in [3.8, 4) is 5.75 Å². The molecule has 0 aliphatic heterocycles. The fourth-order valence-electron chi connectivity index (χ4n) is 1.94. The van der Waals surface area contributed by atoms with Crippen LogP contribution >= 0.6 is 0 Å². The van der Waals surface area contributed by atoms with Crippen LogP contribution in [0.4, 0.5) is 11.4 Å². The van der Waals surface area contributed by atoms with Crippen molar-refractivity contribution in [1.29, 1.82) is 0 Å². The number of aryl methyl sites for hydroxylation is 1. The lowest BCUT2D eigenvalue weighted by molar-refractivity contribution is -0.384. The number of hydrogen-bond donors (Lipinski definition) is 2. The van der Waals surface area contributed by atoms with E-state index in [0.29, 0.717) is 0 Å². The monoisotopic (exact) mass is 272 g/mol. The molecule has 0 heterocycles. The van der Waals surface area contributed by atoms with Gasteiger partial charge in [-0.15, -0.1) is 0 Å². The molecule has 0 aliphatic rings. The predicted octanol–water partition coefficient (Wildman–Crippen LogP) is 3.78. The van der Waals surface area contributed by atoms with Gasteiger partial charge in [-0.2, -0.15) is 0 Å². The molecule has 2 rings (SSSR count). The molecule has 0 amide bonds.